The van der Waals surface area contributed by atoms with Crippen molar-refractivity contribution in [3.05, 3.63) is 58.6 Å². The number of carbonyl (C=O) groups is 3. The molecule has 0 bridgehead atoms. The van der Waals surface area contributed by atoms with Crippen LogP contribution in [0.1, 0.15) is 18.4 Å². The third-order valence-electron chi connectivity index (χ3n) is 5.30. The minimum Gasteiger partial charge on any atom is -0.484 e. The highest BCUT2D eigenvalue weighted by Gasteiger charge is 2.38. The summed E-state index contributed by atoms with van der Waals surface area (Å²) in [4.78, 5) is 37.3. The first-order chi connectivity index (χ1) is 16.8. The van der Waals surface area contributed by atoms with Gasteiger partial charge in [0, 0.05) is 24.3 Å². The number of nitrogens with zero attached hydrogens (tertiary/aromatic N) is 1. The maximum atomic E-state index is 13.5. The molecular weight excluding hydrogens is 517 g/mol. The Morgan fingerprint density at radius 2 is 1.81 bits per heavy atom. The lowest BCUT2D eigenvalue weighted by molar-refractivity contribution is -0.140. The maximum absolute atomic E-state index is 13.5. The number of hydrogen-bond acceptors (Lipinski definition) is 4. The number of anilines is 1. The molecule has 0 unspecified atom stereocenters. The molecule has 0 spiro atoms. The third kappa shape index (κ3) is 6.74. The summed E-state index contributed by atoms with van der Waals surface area (Å²) in [7, 11) is 0. The average molecular weight is 536 g/mol. The molecule has 3 amide bonds. The lowest BCUT2D eigenvalue weighted by Gasteiger charge is -2.37. The fourth-order valence-corrected chi connectivity index (χ4v) is 3.72. The number of ether oxygens (including phenoxy) is 1. The third-order valence-corrected chi connectivity index (χ3v) is 5.60. The van der Waals surface area contributed by atoms with E-state index >= 15 is 0 Å². The van der Waals surface area contributed by atoms with Gasteiger partial charge in [-0.2, -0.15) is 13.2 Å². The molecule has 14 heteroatoms. The van der Waals surface area contributed by atoms with E-state index in [4.69, 9.17) is 16.3 Å². The highest BCUT2D eigenvalue weighted by Crippen LogP contribution is 2.33. The Labute approximate surface area is 206 Å². The van der Waals surface area contributed by atoms with Gasteiger partial charge in [0.25, 0.3) is 5.91 Å². The molecule has 194 valence electrons. The zero-order chi connectivity index (χ0) is 26.6. The first kappa shape index (κ1) is 27.0. The van der Waals surface area contributed by atoms with Crippen molar-refractivity contribution in [1.29, 1.82) is 0 Å². The van der Waals surface area contributed by atoms with E-state index in [-0.39, 0.29) is 35.8 Å². The van der Waals surface area contributed by atoms with Gasteiger partial charge < -0.3 is 20.5 Å². The molecule has 3 N–H and O–H groups in total. The number of piperidine rings is 1. The number of carboxylic acid groups (broad SMARTS) is 1. The lowest BCUT2D eigenvalue weighted by atomic mass is 9.97. The zero-order valence-corrected chi connectivity index (χ0v) is 19.0. The Kier molecular flexibility index (Phi) is 8.23. The average Bonchev–Trinajstić information content (AvgIpc) is 2.80. The van der Waals surface area contributed by atoms with Gasteiger partial charge in [0.15, 0.2) is 6.61 Å². The standard InChI is InChI=1S/C22H19ClF5N3O5/c23-15-4-3-13(8-17(15)25)36-10-19(32)29-12-2-6-18(31(9-12)21(34)35)20(33)30-11-1-5-16(24)14(7-11)22(26,27)28/h1,3-5,7-8,12,18H,2,6,9-10H2,(H,29,32)(H,30,33)(H,34,35)/t12-,18+/m0/s1. The van der Waals surface area contributed by atoms with Crippen LogP contribution in [0.4, 0.5) is 32.4 Å². The number of benzene rings is 2. The fraction of sp³-hybridized carbons (Fsp3) is 0.318. The summed E-state index contributed by atoms with van der Waals surface area (Å²) in [5.41, 5.74) is -1.93. The zero-order valence-electron chi connectivity index (χ0n) is 18.2. The molecule has 1 heterocycles. The highest BCUT2D eigenvalue weighted by molar-refractivity contribution is 6.30. The molecule has 0 radical (unpaired) electrons. The van der Waals surface area contributed by atoms with Crippen LogP contribution < -0.4 is 15.4 Å². The summed E-state index contributed by atoms with van der Waals surface area (Å²) < 4.78 is 70.9. The molecule has 1 saturated heterocycles. The topological polar surface area (TPSA) is 108 Å². The van der Waals surface area contributed by atoms with Gasteiger partial charge in [0.1, 0.15) is 23.4 Å². The normalized spacial score (nSPS) is 17.9. The van der Waals surface area contributed by atoms with E-state index in [9.17, 15) is 41.4 Å². The number of amides is 3. The summed E-state index contributed by atoms with van der Waals surface area (Å²) in [5, 5.41) is 14.1. The summed E-state index contributed by atoms with van der Waals surface area (Å²) in [5.74, 6) is -3.74. The van der Waals surface area contributed by atoms with Gasteiger partial charge in [0.2, 0.25) is 5.91 Å². The molecule has 36 heavy (non-hydrogen) atoms. The summed E-state index contributed by atoms with van der Waals surface area (Å²) in [6.45, 7) is -0.785. The van der Waals surface area contributed by atoms with Gasteiger partial charge in [-0.3, -0.25) is 14.5 Å². The van der Waals surface area contributed by atoms with Crippen molar-refractivity contribution in [1.82, 2.24) is 10.2 Å². The van der Waals surface area contributed by atoms with Crippen LogP contribution in [-0.4, -0.2) is 53.1 Å². The molecule has 2 atom stereocenters. The Morgan fingerprint density at radius 3 is 2.44 bits per heavy atom. The molecule has 0 saturated carbocycles. The van der Waals surface area contributed by atoms with E-state index < -0.39 is 60.0 Å². The van der Waals surface area contributed by atoms with E-state index in [1.54, 1.807) is 0 Å². The Hall–Kier alpha value is -3.61. The van der Waals surface area contributed by atoms with Crippen LogP contribution in [0.25, 0.3) is 0 Å². The monoisotopic (exact) mass is 535 g/mol. The van der Waals surface area contributed by atoms with Gasteiger partial charge in [-0.25, -0.2) is 13.6 Å². The summed E-state index contributed by atoms with van der Waals surface area (Å²) >= 11 is 5.57. The number of rotatable bonds is 6. The SMILES string of the molecule is O=C(COc1ccc(Cl)c(F)c1)N[C@H]1CC[C@H](C(=O)Nc2ccc(F)c(C(F)(F)F)c2)N(C(=O)O)C1. The molecule has 0 aliphatic carbocycles. The Morgan fingerprint density at radius 1 is 1.08 bits per heavy atom. The van der Waals surface area contributed by atoms with Gasteiger partial charge in [-0.05, 0) is 43.2 Å². The predicted octanol–water partition coefficient (Wildman–Crippen LogP) is 4.28. The molecule has 3 rings (SSSR count). The van der Waals surface area contributed by atoms with Crippen LogP contribution in [0.3, 0.4) is 0 Å². The van der Waals surface area contributed by atoms with E-state index in [1.165, 1.54) is 12.1 Å². The molecule has 0 aromatic heterocycles. The van der Waals surface area contributed by atoms with Crippen molar-refractivity contribution in [2.45, 2.75) is 31.1 Å². The van der Waals surface area contributed by atoms with Crippen LogP contribution in [0.5, 0.6) is 5.75 Å². The molecular formula is C22H19ClF5N3O5. The quantitative estimate of drug-likeness (QED) is 0.479. The van der Waals surface area contributed by atoms with Crippen LogP contribution in [-0.2, 0) is 15.8 Å². The Balaban J connectivity index is 1.59. The van der Waals surface area contributed by atoms with Crippen molar-refractivity contribution in [3.63, 3.8) is 0 Å². The predicted molar refractivity (Wildman–Crippen MR) is 117 cm³/mol. The van der Waals surface area contributed by atoms with Gasteiger partial charge in [-0.15, -0.1) is 0 Å². The molecule has 1 fully saturated rings. The summed E-state index contributed by atoms with van der Waals surface area (Å²) in [6, 6.07) is 3.52. The van der Waals surface area contributed by atoms with Crippen molar-refractivity contribution >= 4 is 35.2 Å². The van der Waals surface area contributed by atoms with Crippen LogP contribution >= 0.6 is 11.6 Å². The van der Waals surface area contributed by atoms with Crippen molar-refractivity contribution in [2.75, 3.05) is 18.5 Å². The van der Waals surface area contributed by atoms with Gasteiger partial charge >= 0.3 is 12.3 Å². The van der Waals surface area contributed by atoms with E-state index in [0.29, 0.717) is 12.1 Å². The van der Waals surface area contributed by atoms with Crippen LogP contribution in [0.15, 0.2) is 36.4 Å². The molecule has 8 nitrogen and oxygen atoms in total. The number of nitrogens with one attached hydrogen (secondary N) is 2. The maximum Gasteiger partial charge on any atom is 0.419 e. The fourth-order valence-electron chi connectivity index (χ4n) is 3.60. The van der Waals surface area contributed by atoms with Gasteiger partial charge in [-0.1, -0.05) is 11.6 Å². The molecule has 1 aliphatic heterocycles. The van der Waals surface area contributed by atoms with Gasteiger partial charge in [0.05, 0.1) is 10.6 Å². The van der Waals surface area contributed by atoms with E-state index in [0.717, 1.165) is 17.0 Å². The van der Waals surface area contributed by atoms with Crippen molar-refractivity contribution in [3.8, 4) is 5.75 Å². The van der Waals surface area contributed by atoms with E-state index in [2.05, 4.69) is 10.6 Å². The second kappa shape index (κ2) is 11.0. The number of halogens is 6. The first-order valence-corrected chi connectivity index (χ1v) is 10.8. The number of carbonyl (C=O) groups excluding carboxylic acids is 2. The number of hydrogen-bond donors (Lipinski definition) is 3. The lowest BCUT2D eigenvalue weighted by Crippen LogP contribution is -2.57. The first-order valence-electron chi connectivity index (χ1n) is 10.4. The number of alkyl halides is 3. The van der Waals surface area contributed by atoms with E-state index in [1.807, 2.05) is 0 Å². The smallest absolute Gasteiger partial charge is 0.419 e. The largest absolute Gasteiger partial charge is 0.484 e. The molecule has 1 aliphatic rings. The molecule has 2 aromatic rings. The van der Waals surface area contributed by atoms with Crippen molar-refractivity contribution < 1.29 is 46.2 Å². The van der Waals surface area contributed by atoms with Crippen LogP contribution in [0, 0.1) is 11.6 Å². The highest BCUT2D eigenvalue weighted by atomic mass is 35.5. The second-order valence-electron chi connectivity index (χ2n) is 7.84. The van der Waals surface area contributed by atoms with Crippen LogP contribution in [0.2, 0.25) is 5.02 Å². The van der Waals surface area contributed by atoms with Crippen molar-refractivity contribution in [2.24, 2.45) is 0 Å². The molecule has 2 aromatic carbocycles. The Bertz CT molecular complexity index is 1160. The second-order valence-corrected chi connectivity index (χ2v) is 8.25. The number of likely N-dealkylation sites (tertiary alicyclic amines) is 1. The minimum atomic E-state index is -4.99. The minimum absolute atomic E-state index is 0.0501. The summed E-state index contributed by atoms with van der Waals surface area (Å²) in [6.07, 6.45) is -6.36.